The van der Waals surface area contributed by atoms with Gasteiger partial charge in [0.15, 0.2) is 0 Å². The average Bonchev–Trinajstić information content (AvgIpc) is 2.36. The molecule has 0 saturated heterocycles. The average molecular weight is 285 g/mol. The lowest BCUT2D eigenvalue weighted by Crippen LogP contribution is -2.39. The number of aliphatic hydroxyl groups excluding tert-OH is 1. The Labute approximate surface area is 119 Å². The molecule has 2 atom stereocenters. The van der Waals surface area contributed by atoms with Gasteiger partial charge in [-0.15, -0.1) is 0 Å². The van der Waals surface area contributed by atoms with Crippen LogP contribution in [0.4, 0.5) is 4.79 Å². The third-order valence-corrected chi connectivity index (χ3v) is 3.16. The molecule has 0 fully saturated rings. The Morgan fingerprint density at radius 1 is 1.42 bits per heavy atom. The van der Waals surface area contributed by atoms with Crippen molar-refractivity contribution in [1.82, 2.24) is 10.6 Å². The first kappa shape index (κ1) is 15.8. The topological polar surface area (TPSA) is 61.4 Å². The predicted molar refractivity (Wildman–Crippen MR) is 77.3 cm³/mol. The maximum Gasteiger partial charge on any atom is 0.315 e. The van der Waals surface area contributed by atoms with Crippen LogP contribution in [0.2, 0.25) is 5.02 Å². The standard InChI is InChI=1S/C14H21ClN2O2/c1-10(6-7-18)9-16-14(19)17-11(2)12-4-3-5-13(15)8-12/h3-5,8,10-11,18H,6-7,9H2,1-2H3,(H2,16,17,19). The van der Waals surface area contributed by atoms with E-state index in [1.807, 2.05) is 32.0 Å². The van der Waals surface area contributed by atoms with E-state index in [1.54, 1.807) is 6.07 Å². The van der Waals surface area contributed by atoms with E-state index >= 15 is 0 Å². The lowest BCUT2D eigenvalue weighted by atomic mass is 10.1. The maximum absolute atomic E-state index is 11.7. The number of carbonyl (C=O) groups is 1. The molecule has 5 heteroatoms. The van der Waals surface area contributed by atoms with Crippen LogP contribution in [0.5, 0.6) is 0 Å². The molecular weight excluding hydrogens is 264 g/mol. The third kappa shape index (κ3) is 5.94. The van der Waals surface area contributed by atoms with Gasteiger partial charge in [-0.3, -0.25) is 0 Å². The summed E-state index contributed by atoms with van der Waals surface area (Å²) in [7, 11) is 0. The molecule has 0 spiro atoms. The third-order valence-electron chi connectivity index (χ3n) is 2.93. The fourth-order valence-electron chi connectivity index (χ4n) is 1.70. The molecule has 0 aliphatic carbocycles. The van der Waals surface area contributed by atoms with Crippen molar-refractivity contribution in [2.75, 3.05) is 13.2 Å². The van der Waals surface area contributed by atoms with Gasteiger partial charge < -0.3 is 15.7 Å². The minimum absolute atomic E-state index is 0.105. The molecule has 0 aliphatic heterocycles. The number of urea groups is 1. The SMILES string of the molecule is CC(CCO)CNC(=O)NC(C)c1cccc(Cl)c1. The molecule has 0 aliphatic rings. The quantitative estimate of drug-likeness (QED) is 0.752. The van der Waals surface area contributed by atoms with Crippen LogP contribution in [0.25, 0.3) is 0 Å². The summed E-state index contributed by atoms with van der Waals surface area (Å²) in [6.45, 7) is 4.58. The van der Waals surface area contributed by atoms with Crippen molar-refractivity contribution in [3.63, 3.8) is 0 Å². The van der Waals surface area contributed by atoms with Gasteiger partial charge in [0, 0.05) is 18.2 Å². The second-order valence-electron chi connectivity index (χ2n) is 4.75. The summed E-state index contributed by atoms with van der Waals surface area (Å²) in [6, 6.07) is 7.10. The number of benzene rings is 1. The first-order chi connectivity index (χ1) is 9.02. The molecule has 1 aromatic carbocycles. The maximum atomic E-state index is 11.7. The highest BCUT2D eigenvalue weighted by atomic mass is 35.5. The van der Waals surface area contributed by atoms with Gasteiger partial charge in [0.1, 0.15) is 0 Å². The van der Waals surface area contributed by atoms with E-state index in [2.05, 4.69) is 10.6 Å². The van der Waals surface area contributed by atoms with Crippen LogP contribution in [-0.2, 0) is 0 Å². The van der Waals surface area contributed by atoms with Crippen LogP contribution in [0.1, 0.15) is 31.9 Å². The number of nitrogens with one attached hydrogen (secondary N) is 2. The molecular formula is C14H21ClN2O2. The van der Waals surface area contributed by atoms with Crippen LogP contribution in [-0.4, -0.2) is 24.3 Å². The molecule has 1 rings (SSSR count). The van der Waals surface area contributed by atoms with E-state index < -0.39 is 0 Å². The summed E-state index contributed by atoms with van der Waals surface area (Å²) in [4.78, 5) is 11.7. The van der Waals surface area contributed by atoms with E-state index in [0.717, 1.165) is 5.56 Å². The minimum Gasteiger partial charge on any atom is -0.396 e. The normalized spacial score (nSPS) is 13.7. The van der Waals surface area contributed by atoms with Gasteiger partial charge in [-0.25, -0.2) is 4.79 Å². The summed E-state index contributed by atoms with van der Waals surface area (Å²) in [5.41, 5.74) is 0.964. The minimum atomic E-state index is -0.211. The molecule has 3 N–H and O–H groups in total. The summed E-state index contributed by atoms with van der Waals surface area (Å²) in [5, 5.41) is 15.1. The van der Waals surface area contributed by atoms with Crippen LogP contribution in [0.3, 0.4) is 0 Å². The van der Waals surface area contributed by atoms with Crippen molar-refractivity contribution in [3.05, 3.63) is 34.9 Å². The van der Waals surface area contributed by atoms with Gasteiger partial charge in [-0.05, 0) is 37.0 Å². The van der Waals surface area contributed by atoms with Crippen molar-refractivity contribution in [3.8, 4) is 0 Å². The number of hydrogen-bond acceptors (Lipinski definition) is 2. The summed E-state index contributed by atoms with van der Waals surface area (Å²) >= 11 is 5.91. The zero-order valence-corrected chi connectivity index (χ0v) is 12.1. The summed E-state index contributed by atoms with van der Waals surface area (Å²) in [5.74, 6) is 0.261. The highest BCUT2D eigenvalue weighted by molar-refractivity contribution is 6.30. The summed E-state index contributed by atoms with van der Waals surface area (Å²) in [6.07, 6.45) is 0.685. The van der Waals surface area contributed by atoms with Gasteiger partial charge in [0.25, 0.3) is 0 Å². The van der Waals surface area contributed by atoms with Crippen molar-refractivity contribution in [1.29, 1.82) is 0 Å². The molecule has 19 heavy (non-hydrogen) atoms. The molecule has 0 aromatic heterocycles. The molecule has 1 aromatic rings. The zero-order valence-electron chi connectivity index (χ0n) is 11.3. The number of hydrogen-bond donors (Lipinski definition) is 3. The van der Waals surface area contributed by atoms with Gasteiger partial charge in [0.05, 0.1) is 6.04 Å². The van der Waals surface area contributed by atoms with Crippen LogP contribution in [0, 0.1) is 5.92 Å². The Balaban J connectivity index is 2.40. The Morgan fingerprint density at radius 3 is 2.79 bits per heavy atom. The highest BCUT2D eigenvalue weighted by Crippen LogP contribution is 2.17. The van der Waals surface area contributed by atoms with Gasteiger partial charge in [0.2, 0.25) is 0 Å². The van der Waals surface area contributed by atoms with E-state index in [-0.39, 0.29) is 24.6 Å². The van der Waals surface area contributed by atoms with E-state index in [1.165, 1.54) is 0 Å². The monoisotopic (exact) mass is 284 g/mol. The van der Waals surface area contributed by atoms with Gasteiger partial charge in [-0.1, -0.05) is 30.7 Å². The fourth-order valence-corrected chi connectivity index (χ4v) is 1.90. The zero-order chi connectivity index (χ0) is 14.3. The van der Waals surface area contributed by atoms with E-state index in [4.69, 9.17) is 16.7 Å². The molecule has 2 unspecified atom stereocenters. The van der Waals surface area contributed by atoms with Crippen molar-refractivity contribution in [2.24, 2.45) is 5.92 Å². The predicted octanol–water partition coefficient (Wildman–Crippen LogP) is 2.72. The Bertz CT molecular complexity index is 412. The number of aliphatic hydroxyl groups is 1. The Morgan fingerprint density at radius 2 is 2.16 bits per heavy atom. The molecule has 0 radical (unpaired) electrons. The second kappa shape index (κ2) is 8.02. The van der Waals surface area contributed by atoms with Crippen molar-refractivity contribution < 1.29 is 9.90 Å². The molecule has 106 valence electrons. The summed E-state index contributed by atoms with van der Waals surface area (Å²) < 4.78 is 0. The van der Waals surface area contributed by atoms with Gasteiger partial charge in [-0.2, -0.15) is 0 Å². The first-order valence-corrected chi connectivity index (χ1v) is 6.81. The largest absolute Gasteiger partial charge is 0.396 e. The first-order valence-electron chi connectivity index (χ1n) is 6.43. The molecule has 2 amide bonds. The Hall–Kier alpha value is -1.26. The van der Waals surface area contributed by atoms with E-state index in [0.29, 0.717) is 18.0 Å². The smallest absolute Gasteiger partial charge is 0.315 e. The second-order valence-corrected chi connectivity index (χ2v) is 5.18. The lowest BCUT2D eigenvalue weighted by molar-refractivity contribution is 0.231. The van der Waals surface area contributed by atoms with Crippen molar-refractivity contribution >= 4 is 17.6 Å². The number of carbonyl (C=O) groups excluding carboxylic acids is 1. The Kier molecular flexibility index (Phi) is 6.67. The van der Waals surface area contributed by atoms with E-state index in [9.17, 15) is 4.79 Å². The molecule has 0 bridgehead atoms. The molecule has 0 saturated carbocycles. The number of halogens is 1. The van der Waals surface area contributed by atoms with Gasteiger partial charge >= 0.3 is 6.03 Å². The van der Waals surface area contributed by atoms with Crippen molar-refractivity contribution in [2.45, 2.75) is 26.3 Å². The lowest BCUT2D eigenvalue weighted by Gasteiger charge is -2.17. The highest BCUT2D eigenvalue weighted by Gasteiger charge is 2.10. The van der Waals surface area contributed by atoms with Crippen LogP contribution in [0.15, 0.2) is 24.3 Å². The molecule has 0 heterocycles. The fraction of sp³-hybridized carbons (Fsp3) is 0.500. The molecule has 4 nitrogen and oxygen atoms in total. The number of amides is 2. The van der Waals surface area contributed by atoms with Crippen LogP contribution >= 0.6 is 11.6 Å². The number of rotatable bonds is 6. The van der Waals surface area contributed by atoms with Crippen LogP contribution < -0.4 is 10.6 Å².